The van der Waals surface area contributed by atoms with Gasteiger partial charge in [-0.05, 0) is 68.2 Å². The molecule has 6 rings (SSSR count). The number of allylic oxidation sites excluding steroid dienone is 1. The van der Waals surface area contributed by atoms with Gasteiger partial charge in [-0.2, -0.15) is 11.2 Å². The number of piperidine rings is 1. The van der Waals surface area contributed by atoms with Gasteiger partial charge in [0.1, 0.15) is 11.8 Å². The average molecular weight is 555 g/mol. The second-order valence-electron chi connectivity index (χ2n) is 11.1. The quantitative estimate of drug-likeness (QED) is 0.284. The summed E-state index contributed by atoms with van der Waals surface area (Å²) < 4.78 is 0. The molecule has 1 saturated carbocycles. The van der Waals surface area contributed by atoms with Gasteiger partial charge in [-0.15, -0.1) is 0 Å². The maximum Gasteiger partial charge on any atom is 0.262 e. The minimum atomic E-state index is -0.992. The molecule has 3 aliphatic heterocycles. The Morgan fingerprint density at radius 1 is 1.12 bits per heavy atom. The van der Waals surface area contributed by atoms with Gasteiger partial charge in [0.25, 0.3) is 11.8 Å². The van der Waals surface area contributed by atoms with Gasteiger partial charge in [-0.25, -0.2) is 0 Å². The SMILES string of the molecule is C/C(=C/CN(c1ccc(C2(C#N)CC2)cc1)C1CN(c2ccc3c(c2)C(=O)N(C2CCC(=O)NC2=O)C3=O)C1)ON. The van der Waals surface area contributed by atoms with E-state index >= 15 is 0 Å². The van der Waals surface area contributed by atoms with Crippen molar-refractivity contribution in [2.75, 3.05) is 29.4 Å². The fraction of sp³-hybridized carbons (Fsp3) is 0.367. The molecule has 2 aromatic rings. The van der Waals surface area contributed by atoms with Crippen molar-refractivity contribution in [3.8, 4) is 6.07 Å². The van der Waals surface area contributed by atoms with Crippen LogP contribution in [0.3, 0.4) is 0 Å². The Labute approximate surface area is 237 Å². The van der Waals surface area contributed by atoms with Crippen LogP contribution in [-0.2, 0) is 19.8 Å². The highest BCUT2D eigenvalue weighted by Gasteiger charge is 2.46. The number of carbonyl (C=O) groups is 4. The molecular weight excluding hydrogens is 524 g/mol. The van der Waals surface area contributed by atoms with Gasteiger partial charge >= 0.3 is 0 Å². The summed E-state index contributed by atoms with van der Waals surface area (Å²) in [4.78, 5) is 60.4. The molecule has 0 spiro atoms. The summed E-state index contributed by atoms with van der Waals surface area (Å²) in [5, 5.41) is 11.8. The topological polar surface area (TPSA) is 149 Å². The summed E-state index contributed by atoms with van der Waals surface area (Å²) in [6.07, 6.45) is 3.89. The van der Waals surface area contributed by atoms with Crippen LogP contribution < -0.4 is 21.0 Å². The zero-order valence-corrected chi connectivity index (χ0v) is 22.6. The van der Waals surface area contributed by atoms with Crippen LogP contribution in [0.2, 0.25) is 0 Å². The van der Waals surface area contributed by atoms with Crippen molar-refractivity contribution in [1.82, 2.24) is 10.2 Å². The molecule has 11 heteroatoms. The molecule has 1 atom stereocenters. The molecule has 4 amide bonds. The van der Waals surface area contributed by atoms with Crippen LogP contribution in [-0.4, -0.2) is 60.2 Å². The lowest BCUT2D eigenvalue weighted by Crippen LogP contribution is -2.60. The Balaban J connectivity index is 1.18. The zero-order valence-electron chi connectivity index (χ0n) is 22.6. The maximum atomic E-state index is 13.2. The van der Waals surface area contributed by atoms with E-state index in [-0.39, 0.29) is 35.4 Å². The molecule has 1 aliphatic carbocycles. The number of anilines is 2. The first-order valence-electron chi connectivity index (χ1n) is 13.7. The van der Waals surface area contributed by atoms with E-state index < -0.39 is 29.7 Å². The lowest BCUT2D eigenvalue weighted by molar-refractivity contribution is -0.136. The van der Waals surface area contributed by atoms with Crippen LogP contribution in [0.25, 0.3) is 0 Å². The van der Waals surface area contributed by atoms with Crippen LogP contribution in [0, 0.1) is 11.3 Å². The predicted molar refractivity (Wildman–Crippen MR) is 148 cm³/mol. The zero-order chi connectivity index (χ0) is 28.9. The van der Waals surface area contributed by atoms with Gasteiger partial charge in [0, 0.05) is 37.4 Å². The first kappa shape index (κ1) is 26.5. The van der Waals surface area contributed by atoms with Gasteiger partial charge in [-0.1, -0.05) is 12.1 Å². The normalized spacial score (nSPS) is 21.7. The van der Waals surface area contributed by atoms with Crippen LogP contribution in [0.1, 0.15) is 58.9 Å². The lowest BCUT2D eigenvalue weighted by Gasteiger charge is -2.47. The van der Waals surface area contributed by atoms with E-state index in [0.29, 0.717) is 25.4 Å². The smallest absolute Gasteiger partial charge is 0.262 e. The van der Waals surface area contributed by atoms with Crippen molar-refractivity contribution < 1.29 is 24.0 Å². The van der Waals surface area contributed by atoms with E-state index in [1.165, 1.54) is 0 Å². The summed E-state index contributed by atoms with van der Waals surface area (Å²) in [5.41, 5.74) is 3.04. The summed E-state index contributed by atoms with van der Waals surface area (Å²) in [7, 11) is 0. The Hall–Kier alpha value is -4.69. The summed E-state index contributed by atoms with van der Waals surface area (Å²) in [6, 6.07) is 14.9. The van der Waals surface area contributed by atoms with Crippen LogP contribution in [0.15, 0.2) is 54.3 Å². The van der Waals surface area contributed by atoms with Gasteiger partial charge in [-0.3, -0.25) is 29.4 Å². The van der Waals surface area contributed by atoms with Crippen molar-refractivity contribution >= 4 is 35.0 Å². The Bertz CT molecular complexity index is 1520. The molecule has 3 N–H and O–H groups in total. The summed E-state index contributed by atoms with van der Waals surface area (Å²) in [6.45, 7) is 3.72. The largest absolute Gasteiger partial charge is 0.417 e. The number of nitriles is 1. The van der Waals surface area contributed by atoms with Gasteiger partial charge in [0.2, 0.25) is 11.8 Å². The van der Waals surface area contributed by atoms with Crippen LogP contribution in [0.5, 0.6) is 0 Å². The van der Waals surface area contributed by atoms with Crippen LogP contribution in [0.4, 0.5) is 11.4 Å². The molecule has 11 nitrogen and oxygen atoms in total. The fourth-order valence-corrected chi connectivity index (χ4v) is 5.82. The third-order valence-corrected chi connectivity index (χ3v) is 8.57. The number of rotatable bonds is 8. The number of hydrogen-bond donors (Lipinski definition) is 2. The maximum absolute atomic E-state index is 13.2. The minimum absolute atomic E-state index is 0.0781. The molecule has 0 aromatic heterocycles. The third-order valence-electron chi connectivity index (χ3n) is 8.57. The predicted octanol–water partition coefficient (Wildman–Crippen LogP) is 2.13. The number of benzene rings is 2. The Morgan fingerprint density at radius 2 is 1.83 bits per heavy atom. The van der Waals surface area contributed by atoms with Crippen molar-refractivity contribution in [3.63, 3.8) is 0 Å². The van der Waals surface area contributed by atoms with Gasteiger partial charge in [0.05, 0.1) is 28.7 Å². The Kier molecular flexibility index (Phi) is 6.50. The molecule has 1 unspecified atom stereocenters. The minimum Gasteiger partial charge on any atom is -0.417 e. The van der Waals surface area contributed by atoms with Gasteiger partial charge in [0.15, 0.2) is 0 Å². The highest BCUT2D eigenvalue weighted by atomic mass is 16.6. The molecule has 0 radical (unpaired) electrons. The van der Waals surface area contributed by atoms with Gasteiger partial charge < -0.3 is 14.6 Å². The van der Waals surface area contributed by atoms with E-state index in [9.17, 15) is 24.4 Å². The molecular formula is C30H30N6O5. The first-order chi connectivity index (χ1) is 19.7. The molecule has 2 saturated heterocycles. The van der Waals surface area contributed by atoms with Crippen molar-refractivity contribution in [3.05, 3.63) is 71.0 Å². The van der Waals surface area contributed by atoms with Crippen molar-refractivity contribution in [2.24, 2.45) is 5.90 Å². The van der Waals surface area contributed by atoms with E-state index in [2.05, 4.69) is 21.2 Å². The van der Waals surface area contributed by atoms with E-state index in [4.69, 9.17) is 10.7 Å². The summed E-state index contributed by atoms with van der Waals surface area (Å²) >= 11 is 0. The number of nitrogens with zero attached hydrogens (tertiary/aromatic N) is 4. The number of carbonyl (C=O) groups excluding carboxylic acids is 4. The van der Waals surface area contributed by atoms with Crippen molar-refractivity contribution in [2.45, 2.75) is 50.1 Å². The average Bonchev–Trinajstić information content (AvgIpc) is 3.72. The highest BCUT2D eigenvalue weighted by Crippen LogP contribution is 2.47. The summed E-state index contributed by atoms with van der Waals surface area (Å²) in [5.74, 6) is 3.86. The molecule has 210 valence electrons. The number of amides is 4. The van der Waals surface area contributed by atoms with E-state index in [0.717, 1.165) is 34.7 Å². The molecule has 2 aromatic carbocycles. The number of nitrogens with one attached hydrogen (secondary N) is 1. The number of imide groups is 2. The Morgan fingerprint density at radius 3 is 2.46 bits per heavy atom. The second-order valence-corrected chi connectivity index (χ2v) is 11.1. The molecule has 3 heterocycles. The van der Waals surface area contributed by atoms with Crippen LogP contribution >= 0.6 is 0 Å². The molecule has 41 heavy (non-hydrogen) atoms. The first-order valence-corrected chi connectivity index (χ1v) is 13.7. The number of hydrogen-bond acceptors (Lipinski definition) is 9. The fourth-order valence-electron chi connectivity index (χ4n) is 5.82. The van der Waals surface area contributed by atoms with E-state index in [1.54, 1.807) is 19.1 Å². The lowest BCUT2D eigenvalue weighted by atomic mass is 9.97. The van der Waals surface area contributed by atoms with E-state index in [1.807, 2.05) is 36.4 Å². The van der Waals surface area contributed by atoms with Crippen molar-refractivity contribution in [1.29, 1.82) is 5.26 Å². The monoisotopic (exact) mass is 554 g/mol. The molecule has 4 aliphatic rings. The molecule has 3 fully saturated rings. The molecule has 0 bridgehead atoms. The standard InChI is InChI=1S/C30H30N6O5/c1-18(41-32)10-13-35(20-4-2-19(3-5-20)30(17-31)11-12-30)22-15-34(16-22)21-6-7-23-24(14-21)29(40)36(28(23)39)25-8-9-26(37)33-27(25)38/h2-7,10,14,22,25H,8-9,11-13,15-16,32H2,1H3,(H,33,37,38)/b18-10-. The third kappa shape index (κ3) is 4.60. The number of fused-ring (bicyclic) bond motifs is 1. The highest BCUT2D eigenvalue weighted by molar-refractivity contribution is 6.23. The second kappa shape index (κ2) is 10.1. The number of nitrogens with two attached hydrogens (primary N) is 1.